The molecule has 0 radical (unpaired) electrons. The van der Waals surface area contributed by atoms with Crippen LogP contribution in [0.3, 0.4) is 0 Å². The summed E-state index contributed by atoms with van der Waals surface area (Å²) in [5, 5.41) is 28.8. The lowest BCUT2D eigenvalue weighted by molar-refractivity contribution is -0.394. The number of nitro groups is 2. The first-order chi connectivity index (χ1) is 16.7. The summed E-state index contributed by atoms with van der Waals surface area (Å²) in [5.74, 6) is -1.00. The molecule has 3 aromatic carbocycles. The summed E-state index contributed by atoms with van der Waals surface area (Å²) in [6, 6.07) is 15.4. The van der Waals surface area contributed by atoms with Crippen molar-refractivity contribution in [1.29, 1.82) is 0 Å². The van der Waals surface area contributed by atoms with E-state index in [-0.39, 0.29) is 18.0 Å². The third kappa shape index (κ3) is 7.07. The second-order valence-electron chi connectivity index (χ2n) is 6.82. The topological polar surface area (TPSA) is 166 Å². The van der Waals surface area contributed by atoms with Gasteiger partial charge in [-0.2, -0.15) is 5.10 Å². The molecule has 12 nitrogen and oxygen atoms in total. The van der Waals surface area contributed by atoms with Crippen molar-refractivity contribution in [3.05, 3.63) is 103 Å². The van der Waals surface area contributed by atoms with Crippen molar-refractivity contribution in [2.24, 2.45) is 5.10 Å². The van der Waals surface area contributed by atoms with Gasteiger partial charge in [0, 0.05) is 16.7 Å². The number of hydrogen-bond acceptors (Lipinski definition) is 8. The molecule has 0 saturated heterocycles. The SMILES string of the molecule is O=C(CNC(=O)c1ccc(Cl)cc1)N/N=C\c1cccc(Oc2ccc([N+](=O)[O-])cc2[N+](=O)[O-])c1. The van der Waals surface area contributed by atoms with Crippen molar-refractivity contribution in [2.45, 2.75) is 0 Å². The van der Waals surface area contributed by atoms with Gasteiger partial charge in [-0.15, -0.1) is 0 Å². The predicted octanol–water partition coefficient (Wildman–Crippen LogP) is 3.83. The molecule has 35 heavy (non-hydrogen) atoms. The summed E-state index contributed by atoms with van der Waals surface area (Å²) in [7, 11) is 0. The molecule has 0 aliphatic rings. The highest BCUT2D eigenvalue weighted by Crippen LogP contribution is 2.34. The van der Waals surface area contributed by atoms with E-state index in [4.69, 9.17) is 16.3 Å². The zero-order chi connectivity index (χ0) is 25.4. The number of non-ortho nitro benzene ring substituents is 1. The Balaban J connectivity index is 1.58. The molecular formula is C22H16ClN5O7. The predicted molar refractivity (Wildman–Crippen MR) is 126 cm³/mol. The Morgan fingerprint density at radius 2 is 1.74 bits per heavy atom. The van der Waals surface area contributed by atoms with Crippen LogP contribution in [0.25, 0.3) is 0 Å². The van der Waals surface area contributed by atoms with Crippen molar-refractivity contribution >= 4 is 41.0 Å². The Labute approximate surface area is 202 Å². The van der Waals surface area contributed by atoms with E-state index in [0.29, 0.717) is 16.1 Å². The Hall–Kier alpha value is -4.84. The average Bonchev–Trinajstić information content (AvgIpc) is 2.83. The Morgan fingerprint density at radius 1 is 1.00 bits per heavy atom. The highest BCUT2D eigenvalue weighted by atomic mass is 35.5. The average molecular weight is 498 g/mol. The second-order valence-corrected chi connectivity index (χ2v) is 7.26. The summed E-state index contributed by atoms with van der Waals surface area (Å²) in [5.41, 5.74) is 2.08. The molecule has 0 saturated carbocycles. The van der Waals surface area contributed by atoms with Crippen molar-refractivity contribution < 1.29 is 24.2 Å². The van der Waals surface area contributed by atoms with Crippen LogP contribution in [-0.2, 0) is 4.79 Å². The van der Waals surface area contributed by atoms with E-state index in [1.165, 1.54) is 30.5 Å². The maximum atomic E-state index is 12.0. The van der Waals surface area contributed by atoms with E-state index < -0.39 is 33.0 Å². The molecule has 0 fully saturated rings. The lowest BCUT2D eigenvalue weighted by atomic mass is 10.2. The van der Waals surface area contributed by atoms with E-state index in [1.807, 2.05) is 0 Å². The van der Waals surface area contributed by atoms with Crippen LogP contribution in [0.4, 0.5) is 11.4 Å². The molecule has 3 aromatic rings. The molecule has 178 valence electrons. The number of nitrogens with zero attached hydrogens (tertiary/aromatic N) is 3. The zero-order valence-corrected chi connectivity index (χ0v) is 18.5. The summed E-state index contributed by atoms with van der Waals surface area (Å²) in [6.07, 6.45) is 1.30. The minimum atomic E-state index is -0.783. The molecule has 0 aliphatic heterocycles. The van der Waals surface area contributed by atoms with E-state index >= 15 is 0 Å². The Bertz CT molecular complexity index is 1310. The molecule has 0 aromatic heterocycles. The third-order valence-electron chi connectivity index (χ3n) is 4.35. The first kappa shape index (κ1) is 24.8. The zero-order valence-electron chi connectivity index (χ0n) is 17.7. The van der Waals surface area contributed by atoms with Gasteiger partial charge in [0.05, 0.1) is 28.7 Å². The summed E-state index contributed by atoms with van der Waals surface area (Å²) < 4.78 is 5.52. The van der Waals surface area contributed by atoms with Crippen LogP contribution < -0.4 is 15.5 Å². The number of rotatable bonds is 9. The number of hydrazone groups is 1. The molecule has 2 N–H and O–H groups in total. The number of amides is 2. The fourth-order valence-electron chi connectivity index (χ4n) is 2.72. The fourth-order valence-corrected chi connectivity index (χ4v) is 2.84. The number of benzene rings is 3. The Morgan fingerprint density at radius 3 is 2.43 bits per heavy atom. The molecule has 0 spiro atoms. The molecular weight excluding hydrogens is 482 g/mol. The van der Waals surface area contributed by atoms with E-state index in [1.54, 1.807) is 24.3 Å². The number of ether oxygens (including phenoxy) is 1. The monoisotopic (exact) mass is 497 g/mol. The van der Waals surface area contributed by atoms with Crippen LogP contribution in [-0.4, -0.2) is 34.4 Å². The van der Waals surface area contributed by atoms with Gasteiger partial charge >= 0.3 is 5.69 Å². The van der Waals surface area contributed by atoms with Crippen LogP contribution in [0.1, 0.15) is 15.9 Å². The van der Waals surface area contributed by atoms with Crippen molar-refractivity contribution in [1.82, 2.24) is 10.7 Å². The maximum absolute atomic E-state index is 12.0. The van der Waals surface area contributed by atoms with Gasteiger partial charge in [-0.3, -0.25) is 29.8 Å². The minimum Gasteiger partial charge on any atom is -0.450 e. The van der Waals surface area contributed by atoms with Crippen LogP contribution in [0, 0.1) is 20.2 Å². The molecule has 0 bridgehead atoms. The lowest BCUT2D eigenvalue weighted by Crippen LogP contribution is -2.34. The number of carbonyl (C=O) groups excluding carboxylic acids is 2. The maximum Gasteiger partial charge on any atom is 0.318 e. The quantitative estimate of drug-likeness (QED) is 0.257. The molecule has 0 unspecified atom stereocenters. The van der Waals surface area contributed by atoms with Crippen LogP contribution in [0.5, 0.6) is 11.5 Å². The number of nitro benzene ring substituents is 2. The van der Waals surface area contributed by atoms with Gasteiger partial charge in [-0.05, 0) is 48.0 Å². The summed E-state index contributed by atoms with van der Waals surface area (Å²) in [4.78, 5) is 44.5. The number of nitrogens with one attached hydrogen (secondary N) is 2. The minimum absolute atomic E-state index is 0.181. The van der Waals surface area contributed by atoms with Crippen molar-refractivity contribution in [3.63, 3.8) is 0 Å². The van der Waals surface area contributed by atoms with Gasteiger partial charge in [0.2, 0.25) is 5.75 Å². The van der Waals surface area contributed by atoms with E-state index in [9.17, 15) is 29.8 Å². The number of carbonyl (C=O) groups is 2. The van der Waals surface area contributed by atoms with Crippen LogP contribution >= 0.6 is 11.6 Å². The van der Waals surface area contributed by atoms with E-state index in [0.717, 1.165) is 18.2 Å². The number of halogens is 1. The largest absolute Gasteiger partial charge is 0.450 e. The highest BCUT2D eigenvalue weighted by molar-refractivity contribution is 6.30. The third-order valence-corrected chi connectivity index (χ3v) is 4.61. The molecule has 0 aliphatic carbocycles. The first-order valence-electron chi connectivity index (χ1n) is 9.79. The van der Waals surface area contributed by atoms with Gasteiger partial charge in [0.25, 0.3) is 17.5 Å². The highest BCUT2D eigenvalue weighted by Gasteiger charge is 2.21. The molecule has 0 atom stereocenters. The van der Waals surface area contributed by atoms with Gasteiger partial charge in [0.15, 0.2) is 0 Å². The van der Waals surface area contributed by atoms with Gasteiger partial charge in [-0.25, -0.2) is 5.43 Å². The smallest absolute Gasteiger partial charge is 0.318 e. The second kappa shape index (κ2) is 11.3. The van der Waals surface area contributed by atoms with Crippen molar-refractivity contribution in [2.75, 3.05) is 6.54 Å². The molecule has 2 amide bonds. The Kier molecular flexibility index (Phi) is 8.03. The number of hydrogen-bond donors (Lipinski definition) is 2. The van der Waals surface area contributed by atoms with Gasteiger partial charge in [-0.1, -0.05) is 23.7 Å². The molecule has 0 heterocycles. The first-order valence-corrected chi connectivity index (χ1v) is 10.2. The molecule has 13 heteroatoms. The molecule has 3 rings (SSSR count). The van der Waals surface area contributed by atoms with Crippen LogP contribution in [0.2, 0.25) is 5.02 Å². The standard InChI is InChI=1S/C22H16ClN5O7/c23-16-6-4-15(5-7-16)22(30)24-13-21(29)26-25-12-14-2-1-3-18(10-14)35-20-9-8-17(27(31)32)11-19(20)28(33)34/h1-12H,13H2,(H,24,30)(H,26,29)/b25-12-. The van der Waals surface area contributed by atoms with Crippen LogP contribution in [0.15, 0.2) is 71.8 Å². The normalized spacial score (nSPS) is 10.5. The van der Waals surface area contributed by atoms with E-state index in [2.05, 4.69) is 15.8 Å². The van der Waals surface area contributed by atoms with Gasteiger partial charge in [0.1, 0.15) is 5.75 Å². The van der Waals surface area contributed by atoms with Gasteiger partial charge < -0.3 is 10.1 Å². The fraction of sp³-hybridized carbons (Fsp3) is 0.0455. The van der Waals surface area contributed by atoms with Crippen molar-refractivity contribution in [3.8, 4) is 11.5 Å². The summed E-state index contributed by atoms with van der Waals surface area (Å²) >= 11 is 5.77. The summed E-state index contributed by atoms with van der Waals surface area (Å²) in [6.45, 7) is -0.314. The lowest BCUT2D eigenvalue weighted by Gasteiger charge is -2.07.